The Labute approximate surface area is 199 Å². The van der Waals surface area contributed by atoms with Crippen molar-refractivity contribution in [3.8, 4) is 0 Å². The molecular weight excluding hydrogens is 440 g/mol. The monoisotopic (exact) mass is 474 g/mol. The van der Waals surface area contributed by atoms with E-state index < -0.39 is 36.0 Å². The van der Waals surface area contributed by atoms with E-state index in [1.165, 1.54) is 6.92 Å². The van der Waals surface area contributed by atoms with Gasteiger partial charge in [-0.2, -0.15) is 0 Å². The van der Waals surface area contributed by atoms with Crippen LogP contribution in [0.3, 0.4) is 0 Å². The molecule has 0 aliphatic carbocycles. The predicted molar refractivity (Wildman–Crippen MR) is 124 cm³/mol. The van der Waals surface area contributed by atoms with Gasteiger partial charge in [0.05, 0.1) is 6.04 Å². The summed E-state index contributed by atoms with van der Waals surface area (Å²) >= 11 is 0. The van der Waals surface area contributed by atoms with Crippen LogP contribution in [0, 0.1) is 11.8 Å². The molecule has 1 aliphatic heterocycles. The second-order valence-corrected chi connectivity index (χ2v) is 8.88. The van der Waals surface area contributed by atoms with Crippen molar-refractivity contribution in [2.45, 2.75) is 64.8 Å². The van der Waals surface area contributed by atoms with Crippen molar-refractivity contribution in [1.82, 2.24) is 21.3 Å². The maximum absolute atomic E-state index is 12.8. The lowest BCUT2D eigenvalue weighted by molar-refractivity contribution is -0.131. The lowest BCUT2D eigenvalue weighted by Gasteiger charge is -2.24. The molecule has 2 rings (SSSR count). The Morgan fingerprint density at radius 3 is 2.38 bits per heavy atom. The smallest absolute Gasteiger partial charge is 0.408 e. The number of rotatable bonds is 12. The topological polar surface area (TPSA) is 143 Å². The van der Waals surface area contributed by atoms with Gasteiger partial charge in [-0.05, 0) is 37.7 Å². The normalized spacial score (nSPS) is 17.8. The van der Waals surface area contributed by atoms with E-state index in [1.807, 2.05) is 44.2 Å². The van der Waals surface area contributed by atoms with Gasteiger partial charge < -0.3 is 30.8 Å². The van der Waals surface area contributed by atoms with Gasteiger partial charge in [-0.15, -0.1) is 0 Å². The van der Waals surface area contributed by atoms with Gasteiger partial charge in [-0.3, -0.25) is 14.4 Å². The second-order valence-electron chi connectivity index (χ2n) is 8.88. The van der Waals surface area contributed by atoms with Crippen molar-refractivity contribution in [2.24, 2.45) is 11.8 Å². The van der Waals surface area contributed by atoms with E-state index in [9.17, 15) is 24.0 Å². The van der Waals surface area contributed by atoms with Crippen LogP contribution < -0.4 is 21.3 Å². The highest BCUT2D eigenvalue weighted by molar-refractivity contribution is 5.92. The Kier molecular flexibility index (Phi) is 10.5. The third kappa shape index (κ3) is 8.84. The summed E-state index contributed by atoms with van der Waals surface area (Å²) in [4.78, 5) is 60.8. The van der Waals surface area contributed by atoms with Gasteiger partial charge >= 0.3 is 6.09 Å². The molecule has 4 atom stereocenters. The maximum Gasteiger partial charge on any atom is 0.408 e. The van der Waals surface area contributed by atoms with Gasteiger partial charge in [0, 0.05) is 12.5 Å². The summed E-state index contributed by atoms with van der Waals surface area (Å²) < 4.78 is 5.12. The van der Waals surface area contributed by atoms with E-state index in [2.05, 4.69) is 21.3 Å². The number of nitrogens with one attached hydrogen (secondary N) is 4. The molecule has 34 heavy (non-hydrogen) atoms. The largest absolute Gasteiger partial charge is 0.445 e. The van der Waals surface area contributed by atoms with Crippen LogP contribution in [-0.4, -0.2) is 54.8 Å². The molecule has 1 aromatic rings. The number of benzene rings is 1. The summed E-state index contributed by atoms with van der Waals surface area (Å²) in [5.74, 6) is -1.47. The van der Waals surface area contributed by atoms with E-state index in [4.69, 9.17) is 4.74 Å². The fraction of sp³-hybridized carbons (Fsp3) is 0.542. The van der Waals surface area contributed by atoms with Crippen molar-refractivity contribution in [3.63, 3.8) is 0 Å². The predicted octanol–water partition coefficient (Wildman–Crippen LogP) is 1.04. The fourth-order valence-corrected chi connectivity index (χ4v) is 3.62. The van der Waals surface area contributed by atoms with E-state index in [0.29, 0.717) is 25.7 Å². The summed E-state index contributed by atoms with van der Waals surface area (Å²) in [6.45, 7) is 5.89. The third-order valence-electron chi connectivity index (χ3n) is 5.47. The first-order valence-corrected chi connectivity index (χ1v) is 11.5. The molecule has 1 fully saturated rings. The summed E-state index contributed by atoms with van der Waals surface area (Å²) in [6.07, 6.45) is 0.985. The van der Waals surface area contributed by atoms with Crippen molar-refractivity contribution in [3.05, 3.63) is 35.9 Å². The average Bonchev–Trinajstić information content (AvgIpc) is 3.21. The molecule has 4 N–H and O–H groups in total. The van der Waals surface area contributed by atoms with Gasteiger partial charge in [0.15, 0.2) is 0 Å². The second kappa shape index (κ2) is 13.3. The molecular formula is C24H34N4O6. The molecule has 186 valence electrons. The molecule has 10 nitrogen and oxygen atoms in total. The molecule has 4 amide bonds. The number of aldehydes is 1. The Morgan fingerprint density at radius 1 is 1.09 bits per heavy atom. The minimum atomic E-state index is -0.949. The van der Waals surface area contributed by atoms with Crippen LogP contribution in [0.1, 0.15) is 45.6 Å². The number of amides is 4. The van der Waals surface area contributed by atoms with E-state index >= 15 is 0 Å². The molecule has 10 heteroatoms. The zero-order valence-corrected chi connectivity index (χ0v) is 19.8. The van der Waals surface area contributed by atoms with E-state index in [1.54, 1.807) is 0 Å². The Hall–Kier alpha value is -3.43. The number of alkyl carbamates (subject to hydrolysis) is 1. The molecule has 0 spiro atoms. The van der Waals surface area contributed by atoms with Gasteiger partial charge in [0.25, 0.3) is 0 Å². The summed E-state index contributed by atoms with van der Waals surface area (Å²) in [6, 6.07) is 6.43. The third-order valence-corrected chi connectivity index (χ3v) is 5.47. The number of hydrogen-bond acceptors (Lipinski definition) is 6. The molecule has 0 aromatic heterocycles. The summed E-state index contributed by atoms with van der Waals surface area (Å²) in [7, 11) is 0. The first kappa shape index (κ1) is 26.8. The van der Waals surface area contributed by atoms with E-state index in [-0.39, 0.29) is 30.8 Å². The minimum Gasteiger partial charge on any atom is -0.445 e. The van der Waals surface area contributed by atoms with Crippen LogP contribution in [-0.2, 0) is 30.5 Å². The Morgan fingerprint density at radius 2 is 1.79 bits per heavy atom. The average molecular weight is 475 g/mol. The minimum absolute atomic E-state index is 0.0610. The zero-order valence-electron chi connectivity index (χ0n) is 19.8. The van der Waals surface area contributed by atoms with Gasteiger partial charge in [-0.25, -0.2) is 4.79 Å². The molecule has 0 radical (unpaired) electrons. The van der Waals surface area contributed by atoms with Crippen molar-refractivity contribution in [2.75, 3.05) is 6.54 Å². The van der Waals surface area contributed by atoms with Crippen molar-refractivity contribution >= 4 is 30.1 Å². The van der Waals surface area contributed by atoms with Crippen LogP contribution in [0.5, 0.6) is 0 Å². The van der Waals surface area contributed by atoms with Crippen LogP contribution in [0.4, 0.5) is 4.79 Å². The lowest BCUT2D eigenvalue weighted by Crippen LogP contribution is -2.55. The Balaban J connectivity index is 1.89. The first-order valence-electron chi connectivity index (χ1n) is 11.5. The van der Waals surface area contributed by atoms with Crippen LogP contribution in [0.15, 0.2) is 30.3 Å². The highest BCUT2D eigenvalue weighted by atomic mass is 16.5. The van der Waals surface area contributed by atoms with Crippen LogP contribution >= 0.6 is 0 Å². The van der Waals surface area contributed by atoms with Crippen LogP contribution in [0.25, 0.3) is 0 Å². The van der Waals surface area contributed by atoms with Gasteiger partial charge in [-0.1, -0.05) is 44.2 Å². The lowest BCUT2D eigenvalue weighted by atomic mass is 9.98. The number of hydrogen-bond donors (Lipinski definition) is 4. The molecule has 1 aromatic carbocycles. The maximum atomic E-state index is 12.8. The quantitative estimate of drug-likeness (QED) is 0.334. The van der Waals surface area contributed by atoms with Gasteiger partial charge in [0.1, 0.15) is 25.0 Å². The zero-order chi connectivity index (χ0) is 25.1. The number of ether oxygens (including phenoxy) is 1. The number of carbonyl (C=O) groups excluding carboxylic acids is 5. The SMILES string of the molecule is CC(C)C[C@H](NC(=O)[C@H](C)NC(=O)OCc1ccccc1)C(=O)N[C@H](C=O)C[C@@H]1CCNC1=O. The first-order chi connectivity index (χ1) is 16.2. The molecule has 1 saturated heterocycles. The number of carbonyl (C=O) groups is 5. The molecule has 1 aliphatic rings. The molecule has 1 heterocycles. The summed E-state index contributed by atoms with van der Waals surface area (Å²) in [5.41, 5.74) is 0.809. The molecule has 0 bridgehead atoms. The fourth-order valence-electron chi connectivity index (χ4n) is 3.62. The van der Waals surface area contributed by atoms with Crippen LogP contribution in [0.2, 0.25) is 0 Å². The highest BCUT2D eigenvalue weighted by Gasteiger charge is 2.30. The Bertz CT molecular complexity index is 860. The highest BCUT2D eigenvalue weighted by Crippen LogP contribution is 2.16. The summed E-state index contributed by atoms with van der Waals surface area (Å²) in [5, 5.41) is 10.4. The molecule has 0 unspecified atom stereocenters. The van der Waals surface area contributed by atoms with Crippen molar-refractivity contribution in [1.29, 1.82) is 0 Å². The standard InChI is InChI=1S/C24H34N4O6/c1-15(2)11-20(23(32)27-19(13-29)12-18-9-10-25-22(18)31)28-21(30)16(3)26-24(33)34-14-17-7-5-4-6-8-17/h4-8,13,15-16,18-20H,9-12,14H2,1-3H3,(H,25,31)(H,26,33)(H,27,32)(H,28,30)/t16-,18-,19-,20-/m0/s1. The molecule has 0 saturated carbocycles. The van der Waals surface area contributed by atoms with Gasteiger partial charge in [0.2, 0.25) is 17.7 Å². The van der Waals surface area contributed by atoms with Crippen molar-refractivity contribution < 1.29 is 28.7 Å². The van der Waals surface area contributed by atoms with E-state index in [0.717, 1.165) is 5.56 Å².